The summed E-state index contributed by atoms with van der Waals surface area (Å²) in [6, 6.07) is 8.57. The number of carboxylic acid groups (broad SMARTS) is 1. The maximum Gasteiger partial charge on any atom is 0.321 e. The van der Waals surface area contributed by atoms with Crippen LogP contribution < -0.4 is 5.32 Å². The van der Waals surface area contributed by atoms with Crippen molar-refractivity contribution in [1.29, 1.82) is 5.26 Å². The Morgan fingerprint density at radius 2 is 2.11 bits per heavy atom. The van der Waals surface area contributed by atoms with E-state index in [0.717, 1.165) is 11.1 Å². The lowest BCUT2D eigenvalue weighted by Gasteiger charge is -2.36. The average Bonchev–Trinajstić information content (AvgIpc) is 2.92. The van der Waals surface area contributed by atoms with Gasteiger partial charge in [-0.05, 0) is 42.9 Å². The Bertz CT molecular complexity index is 794. The molecule has 0 aromatic heterocycles. The van der Waals surface area contributed by atoms with Crippen LogP contribution in [-0.4, -0.2) is 29.0 Å². The fourth-order valence-electron chi connectivity index (χ4n) is 4.09. The molecule has 0 saturated carbocycles. The smallest absolute Gasteiger partial charge is 0.321 e. The molecule has 0 radical (unpaired) electrons. The second-order valence-electron chi connectivity index (χ2n) is 8.87. The first-order valence-electron chi connectivity index (χ1n) is 9.41. The number of carboxylic acids is 1. The van der Waals surface area contributed by atoms with Gasteiger partial charge in [0, 0.05) is 22.9 Å². The first kappa shape index (κ1) is 22.7. The highest BCUT2D eigenvalue weighted by Gasteiger charge is 2.58. The van der Waals surface area contributed by atoms with E-state index >= 15 is 0 Å². The molecule has 1 aliphatic heterocycles. The van der Waals surface area contributed by atoms with Crippen molar-refractivity contribution in [1.82, 2.24) is 5.32 Å². The number of benzene rings is 1. The molecule has 2 rings (SSSR count). The largest absolute Gasteiger partial charge is 0.480 e. The summed E-state index contributed by atoms with van der Waals surface area (Å²) in [4.78, 5) is 12.1. The van der Waals surface area contributed by atoms with Gasteiger partial charge in [0.1, 0.15) is 6.04 Å². The van der Waals surface area contributed by atoms with Crippen LogP contribution in [0, 0.1) is 22.2 Å². The predicted molar refractivity (Wildman–Crippen MR) is 114 cm³/mol. The van der Waals surface area contributed by atoms with Gasteiger partial charge in [-0.2, -0.15) is 5.26 Å². The van der Waals surface area contributed by atoms with Crippen LogP contribution in [-0.2, 0) is 4.79 Å². The van der Waals surface area contributed by atoms with E-state index in [1.165, 1.54) is 0 Å². The Kier molecular flexibility index (Phi) is 7.20. The van der Waals surface area contributed by atoms with Crippen LogP contribution in [0.1, 0.15) is 52.0 Å². The van der Waals surface area contributed by atoms with Gasteiger partial charge in [0.2, 0.25) is 0 Å². The van der Waals surface area contributed by atoms with Crippen molar-refractivity contribution < 1.29 is 9.90 Å². The van der Waals surface area contributed by atoms with Gasteiger partial charge in [-0.15, -0.1) is 11.6 Å². The van der Waals surface area contributed by atoms with Gasteiger partial charge in [0.05, 0.1) is 11.5 Å². The molecule has 1 heterocycles. The number of nitriles is 1. The maximum absolute atomic E-state index is 12.1. The number of alkyl halides is 1. The van der Waals surface area contributed by atoms with E-state index < -0.39 is 23.3 Å². The zero-order valence-electron chi connectivity index (χ0n) is 16.8. The second-order valence-corrected chi connectivity index (χ2v) is 9.58. The molecule has 28 heavy (non-hydrogen) atoms. The average molecular weight is 423 g/mol. The third-order valence-corrected chi connectivity index (χ3v) is 6.05. The van der Waals surface area contributed by atoms with Gasteiger partial charge < -0.3 is 5.11 Å². The Labute approximate surface area is 177 Å². The van der Waals surface area contributed by atoms with E-state index in [4.69, 9.17) is 23.2 Å². The summed E-state index contributed by atoms with van der Waals surface area (Å²) < 4.78 is 0. The number of carbonyl (C=O) groups is 1. The molecule has 0 bridgehead atoms. The van der Waals surface area contributed by atoms with Crippen molar-refractivity contribution in [2.45, 2.75) is 58.5 Å². The quantitative estimate of drug-likeness (QED) is 0.477. The summed E-state index contributed by atoms with van der Waals surface area (Å²) in [7, 11) is 0. The molecule has 2 N–H and O–H groups in total. The zero-order chi connectivity index (χ0) is 21.1. The highest BCUT2D eigenvalue weighted by Crippen LogP contribution is 2.52. The lowest BCUT2D eigenvalue weighted by Crippen LogP contribution is -2.41. The molecule has 1 aromatic rings. The molecule has 1 aromatic carbocycles. The molecule has 1 saturated heterocycles. The highest BCUT2D eigenvalue weighted by atomic mass is 35.5. The van der Waals surface area contributed by atoms with Crippen molar-refractivity contribution in [3.05, 3.63) is 46.5 Å². The normalized spacial score (nSPS) is 28.2. The van der Waals surface area contributed by atoms with Crippen LogP contribution in [0.4, 0.5) is 0 Å². The summed E-state index contributed by atoms with van der Waals surface area (Å²) in [6.45, 7) is 8.21. The molecule has 1 aliphatic rings. The third-order valence-electron chi connectivity index (χ3n) is 5.39. The summed E-state index contributed by atoms with van der Waals surface area (Å²) in [6.07, 6.45) is 3.07. The van der Waals surface area contributed by atoms with E-state index in [9.17, 15) is 15.2 Å². The van der Waals surface area contributed by atoms with Crippen molar-refractivity contribution in [2.75, 3.05) is 5.88 Å². The second kappa shape index (κ2) is 8.86. The highest BCUT2D eigenvalue weighted by molar-refractivity contribution is 6.30. The molecule has 0 unspecified atom stereocenters. The molecular weight excluding hydrogens is 395 g/mol. The number of nitrogens with zero attached hydrogens (tertiary/aromatic N) is 1. The SMILES string of the molecule is CC(=CC[C@]1(C#N)[C@H](c2cccc(Cl)c2)[C@@H](C(=O)O)N[C@@H]1CC(C)(C)C)CCl. The monoisotopic (exact) mass is 422 g/mol. The van der Waals surface area contributed by atoms with Crippen molar-refractivity contribution in [3.63, 3.8) is 0 Å². The number of rotatable bonds is 6. The van der Waals surface area contributed by atoms with Crippen LogP contribution in [0.3, 0.4) is 0 Å². The van der Waals surface area contributed by atoms with Crippen LogP contribution in [0.5, 0.6) is 0 Å². The van der Waals surface area contributed by atoms with E-state index in [1.807, 2.05) is 19.1 Å². The first-order chi connectivity index (χ1) is 13.0. The van der Waals surface area contributed by atoms with Crippen LogP contribution >= 0.6 is 23.2 Å². The fourth-order valence-corrected chi connectivity index (χ4v) is 4.40. The molecular formula is C22H28Cl2N2O2. The molecule has 0 aliphatic carbocycles. The minimum atomic E-state index is -0.959. The fraction of sp³-hybridized carbons (Fsp3) is 0.545. The number of hydrogen-bond donors (Lipinski definition) is 2. The Balaban J connectivity index is 2.65. The summed E-state index contributed by atoms with van der Waals surface area (Å²) in [5.74, 6) is -1.11. The maximum atomic E-state index is 12.1. The summed E-state index contributed by atoms with van der Waals surface area (Å²) >= 11 is 12.1. The van der Waals surface area contributed by atoms with Crippen molar-refractivity contribution in [3.8, 4) is 6.07 Å². The van der Waals surface area contributed by atoms with E-state index in [0.29, 0.717) is 23.7 Å². The van der Waals surface area contributed by atoms with Gasteiger partial charge >= 0.3 is 5.97 Å². The number of nitrogens with one attached hydrogen (secondary N) is 1. The van der Waals surface area contributed by atoms with Crippen LogP contribution in [0.25, 0.3) is 0 Å². The van der Waals surface area contributed by atoms with Gasteiger partial charge in [0.25, 0.3) is 0 Å². The standard InChI is InChI=1S/C22H28Cl2N2O2/c1-14(12-23)8-9-22(13-25)17(11-21(2,3)4)26-19(20(27)28)18(22)15-6-5-7-16(24)10-15/h5-8,10,17-19,26H,9,11-12H2,1-4H3,(H,27,28)/t17-,18-,19+,22-/m1/s1. The number of aliphatic carboxylic acids is 1. The molecule has 1 fully saturated rings. The van der Waals surface area contributed by atoms with Gasteiger partial charge in [-0.25, -0.2) is 0 Å². The zero-order valence-corrected chi connectivity index (χ0v) is 18.3. The topological polar surface area (TPSA) is 73.1 Å². The molecule has 0 spiro atoms. The van der Waals surface area contributed by atoms with Crippen LogP contribution in [0.2, 0.25) is 5.02 Å². The number of allylic oxidation sites excluding steroid dienone is 2. The van der Waals surface area contributed by atoms with E-state index in [1.54, 1.807) is 18.2 Å². The summed E-state index contributed by atoms with van der Waals surface area (Å²) in [5.41, 5.74) is 0.739. The van der Waals surface area contributed by atoms with Crippen LogP contribution in [0.15, 0.2) is 35.9 Å². The number of hydrogen-bond acceptors (Lipinski definition) is 3. The third kappa shape index (κ3) is 4.89. The molecule has 0 amide bonds. The van der Waals surface area contributed by atoms with Crippen molar-refractivity contribution in [2.24, 2.45) is 10.8 Å². The molecule has 4 atom stereocenters. The predicted octanol–water partition coefficient (Wildman–Crippen LogP) is 5.37. The molecule has 6 heteroatoms. The minimum Gasteiger partial charge on any atom is -0.480 e. The molecule has 152 valence electrons. The van der Waals surface area contributed by atoms with E-state index in [-0.39, 0.29) is 11.5 Å². The van der Waals surface area contributed by atoms with Crippen molar-refractivity contribution >= 4 is 29.2 Å². The Hall–Kier alpha value is -1.54. The lowest BCUT2D eigenvalue weighted by molar-refractivity contribution is -0.139. The number of halogens is 2. The first-order valence-corrected chi connectivity index (χ1v) is 10.3. The molecule has 4 nitrogen and oxygen atoms in total. The lowest BCUT2D eigenvalue weighted by atomic mass is 9.64. The van der Waals surface area contributed by atoms with Gasteiger partial charge in [-0.3, -0.25) is 10.1 Å². The van der Waals surface area contributed by atoms with Gasteiger partial charge in [0.15, 0.2) is 0 Å². The Morgan fingerprint density at radius 3 is 2.61 bits per heavy atom. The minimum absolute atomic E-state index is 0.0721. The summed E-state index contributed by atoms with van der Waals surface area (Å²) in [5, 5.41) is 24.1. The van der Waals surface area contributed by atoms with Gasteiger partial charge in [-0.1, -0.05) is 56.2 Å². The Morgan fingerprint density at radius 1 is 1.43 bits per heavy atom. The van der Waals surface area contributed by atoms with E-state index in [2.05, 4.69) is 32.2 Å².